The largest absolute Gasteiger partial charge is 0.508 e. The van der Waals surface area contributed by atoms with E-state index in [4.69, 9.17) is 4.74 Å². The maximum atomic E-state index is 9.91. The minimum atomic E-state index is 0.0179. The summed E-state index contributed by atoms with van der Waals surface area (Å²) in [6.07, 6.45) is 5.54. The van der Waals surface area contributed by atoms with Crippen molar-refractivity contribution in [1.29, 1.82) is 0 Å². The van der Waals surface area contributed by atoms with Gasteiger partial charge in [-0.3, -0.25) is 9.88 Å². The molecular formula is C19H22N2O2. The van der Waals surface area contributed by atoms with Gasteiger partial charge in [0, 0.05) is 24.2 Å². The molecule has 5 fully saturated rings. The van der Waals surface area contributed by atoms with Gasteiger partial charge in [-0.05, 0) is 61.6 Å². The molecule has 7 rings (SSSR count). The first-order valence-electron chi connectivity index (χ1n) is 8.70. The molecular weight excluding hydrogens is 288 g/mol. The Morgan fingerprint density at radius 3 is 3.09 bits per heavy atom. The molecule has 0 saturated carbocycles. The Bertz CT molecular complexity index is 777. The highest BCUT2D eigenvalue weighted by molar-refractivity contribution is 5.83. The van der Waals surface area contributed by atoms with E-state index in [-0.39, 0.29) is 11.7 Å². The zero-order valence-corrected chi connectivity index (χ0v) is 13.4. The van der Waals surface area contributed by atoms with E-state index >= 15 is 0 Å². The lowest BCUT2D eigenvalue weighted by Gasteiger charge is -2.64. The van der Waals surface area contributed by atoms with Gasteiger partial charge in [0.25, 0.3) is 0 Å². The summed E-state index contributed by atoms with van der Waals surface area (Å²) < 4.78 is 6.74. The van der Waals surface area contributed by atoms with Gasteiger partial charge in [0.1, 0.15) is 5.75 Å². The predicted octanol–water partition coefficient (Wildman–Crippen LogP) is 3.25. The third-order valence-electron chi connectivity index (χ3n) is 6.35. The van der Waals surface area contributed by atoms with Crippen molar-refractivity contribution in [3.05, 3.63) is 36.0 Å². The first-order valence-corrected chi connectivity index (χ1v) is 8.70. The molecule has 6 heterocycles. The summed E-state index contributed by atoms with van der Waals surface area (Å²) in [6.45, 7) is 4.55. The van der Waals surface area contributed by atoms with Gasteiger partial charge in [0.15, 0.2) is 0 Å². The average molecular weight is 310 g/mol. The Hall–Kier alpha value is -1.65. The Morgan fingerprint density at radius 1 is 1.39 bits per heavy atom. The fourth-order valence-electron chi connectivity index (χ4n) is 5.13. The second kappa shape index (κ2) is 4.68. The topological polar surface area (TPSA) is 45.6 Å². The van der Waals surface area contributed by atoms with Crippen LogP contribution in [0, 0.1) is 5.92 Å². The highest BCUT2D eigenvalue weighted by Gasteiger charge is 2.58. The Kier molecular flexibility index (Phi) is 2.80. The van der Waals surface area contributed by atoms with Crippen LogP contribution in [0.1, 0.15) is 37.9 Å². The van der Waals surface area contributed by atoms with E-state index in [1.807, 2.05) is 18.3 Å². The van der Waals surface area contributed by atoms with Gasteiger partial charge in [0.2, 0.25) is 0 Å². The van der Waals surface area contributed by atoms with Crippen LogP contribution in [-0.4, -0.2) is 39.7 Å². The molecule has 5 aliphatic rings. The third kappa shape index (κ3) is 1.82. The molecule has 5 aliphatic heterocycles. The maximum Gasteiger partial charge on any atom is 0.116 e. The number of nitrogens with zero attached hydrogens (tertiary/aromatic N) is 2. The van der Waals surface area contributed by atoms with Crippen LogP contribution < -0.4 is 0 Å². The number of phenolic OH excluding ortho intramolecular Hbond substituents is 1. The summed E-state index contributed by atoms with van der Waals surface area (Å²) in [7, 11) is 0. The number of fused-ring (bicyclic) bond motifs is 3. The van der Waals surface area contributed by atoms with Crippen LogP contribution in [0.3, 0.4) is 0 Å². The van der Waals surface area contributed by atoms with Gasteiger partial charge in [0.05, 0.1) is 17.2 Å². The maximum absolute atomic E-state index is 9.91. The highest BCUT2D eigenvalue weighted by atomic mass is 16.5. The van der Waals surface area contributed by atoms with Crippen molar-refractivity contribution >= 4 is 10.9 Å². The van der Waals surface area contributed by atoms with Crippen molar-refractivity contribution < 1.29 is 9.84 Å². The quantitative estimate of drug-likeness (QED) is 0.925. The van der Waals surface area contributed by atoms with Gasteiger partial charge >= 0.3 is 0 Å². The van der Waals surface area contributed by atoms with Crippen molar-refractivity contribution in [3.8, 4) is 5.75 Å². The summed E-state index contributed by atoms with van der Waals surface area (Å²) in [4.78, 5) is 7.08. The second-order valence-electron chi connectivity index (χ2n) is 7.32. The molecule has 1 unspecified atom stereocenters. The number of benzene rings is 1. The van der Waals surface area contributed by atoms with Gasteiger partial charge in [-0.2, -0.15) is 0 Å². The summed E-state index contributed by atoms with van der Waals surface area (Å²) in [5.74, 6) is 1.00. The summed E-state index contributed by atoms with van der Waals surface area (Å²) in [5, 5.41) is 10.9. The van der Waals surface area contributed by atoms with Crippen LogP contribution in [-0.2, 0) is 4.74 Å². The number of aromatic nitrogens is 1. The molecule has 4 nitrogen and oxygen atoms in total. The van der Waals surface area contributed by atoms with Crippen molar-refractivity contribution in [3.63, 3.8) is 0 Å². The number of rotatable bonds is 2. The van der Waals surface area contributed by atoms with Crippen molar-refractivity contribution in [1.82, 2.24) is 9.88 Å². The molecule has 0 radical (unpaired) electrons. The number of pyridine rings is 1. The minimum Gasteiger partial charge on any atom is -0.508 e. The molecule has 1 aromatic carbocycles. The number of aromatic hydroxyl groups is 1. The van der Waals surface area contributed by atoms with Crippen molar-refractivity contribution in [2.75, 3.05) is 13.1 Å². The zero-order chi connectivity index (χ0) is 15.6. The van der Waals surface area contributed by atoms with Gasteiger partial charge < -0.3 is 9.84 Å². The summed E-state index contributed by atoms with van der Waals surface area (Å²) in [5.41, 5.74) is 2.12. The lowest BCUT2D eigenvalue weighted by atomic mass is 9.66. The molecule has 5 saturated heterocycles. The van der Waals surface area contributed by atoms with E-state index in [1.54, 1.807) is 6.07 Å². The molecule has 120 valence electrons. The summed E-state index contributed by atoms with van der Waals surface area (Å²) in [6, 6.07) is 7.96. The predicted molar refractivity (Wildman–Crippen MR) is 88.3 cm³/mol. The monoisotopic (exact) mass is 310 g/mol. The molecule has 4 bridgehead atoms. The lowest BCUT2D eigenvalue weighted by molar-refractivity contribution is -0.274. The third-order valence-corrected chi connectivity index (χ3v) is 6.35. The van der Waals surface area contributed by atoms with Crippen LogP contribution in [0.4, 0.5) is 0 Å². The van der Waals surface area contributed by atoms with Crippen LogP contribution in [0.15, 0.2) is 30.5 Å². The molecule has 4 heteroatoms. The molecule has 23 heavy (non-hydrogen) atoms. The smallest absolute Gasteiger partial charge is 0.116 e. The first-order chi connectivity index (χ1) is 11.2. The Morgan fingerprint density at radius 2 is 2.30 bits per heavy atom. The lowest BCUT2D eigenvalue weighted by Crippen LogP contribution is -2.70. The highest BCUT2D eigenvalue weighted by Crippen LogP contribution is 2.54. The average Bonchev–Trinajstić information content (AvgIpc) is 2.61. The van der Waals surface area contributed by atoms with Crippen LogP contribution in [0.2, 0.25) is 0 Å². The number of ether oxygens (including phenoxy) is 1. The van der Waals surface area contributed by atoms with E-state index in [0.717, 1.165) is 23.9 Å². The van der Waals surface area contributed by atoms with E-state index in [2.05, 4.69) is 22.9 Å². The van der Waals surface area contributed by atoms with Crippen LogP contribution in [0.25, 0.3) is 10.9 Å². The number of phenols is 1. The zero-order valence-electron chi connectivity index (χ0n) is 13.4. The van der Waals surface area contributed by atoms with Crippen LogP contribution in [0.5, 0.6) is 5.75 Å². The number of hydrogen-bond donors (Lipinski definition) is 1. The molecule has 0 amide bonds. The fraction of sp³-hybridized carbons (Fsp3) is 0.526. The van der Waals surface area contributed by atoms with E-state index in [9.17, 15) is 5.11 Å². The molecule has 2 aromatic rings. The van der Waals surface area contributed by atoms with Gasteiger partial charge in [-0.1, -0.05) is 6.92 Å². The first kappa shape index (κ1) is 13.8. The normalized spacial score (nSPS) is 38.3. The van der Waals surface area contributed by atoms with Crippen LogP contribution >= 0.6 is 0 Å². The van der Waals surface area contributed by atoms with Crippen molar-refractivity contribution in [2.45, 2.75) is 43.9 Å². The Balaban J connectivity index is 1.64. The molecule has 5 atom stereocenters. The van der Waals surface area contributed by atoms with Crippen molar-refractivity contribution in [2.24, 2.45) is 5.92 Å². The Labute approximate surface area is 136 Å². The standard InChI is InChI=1S/C19H22N2O2/c1-2-19-11-21-8-6-12(19)9-17(21)18(23-19)14-5-7-20-16-4-3-13(22)10-15(14)16/h3-5,7,10,12,17-18,22H,2,6,8-9,11H2,1H3/t12-,17+,18-,19-/m0/s1. The molecule has 0 spiro atoms. The van der Waals surface area contributed by atoms with Gasteiger partial charge in [-0.25, -0.2) is 0 Å². The van der Waals surface area contributed by atoms with E-state index in [1.165, 1.54) is 24.9 Å². The number of piperidine rings is 3. The van der Waals surface area contributed by atoms with E-state index in [0.29, 0.717) is 17.7 Å². The number of hydrogen-bond acceptors (Lipinski definition) is 4. The number of morpholine rings is 1. The minimum absolute atomic E-state index is 0.0179. The summed E-state index contributed by atoms with van der Waals surface area (Å²) >= 11 is 0. The van der Waals surface area contributed by atoms with Gasteiger partial charge in [-0.15, -0.1) is 0 Å². The van der Waals surface area contributed by atoms with E-state index < -0.39 is 0 Å². The fourth-order valence-corrected chi connectivity index (χ4v) is 5.13. The molecule has 1 aromatic heterocycles. The SMILES string of the molecule is CC[C@]12CN3CC[C@H]1C[C@@H]3[C@H](c1ccnc3ccc(O)cc13)O2. The molecule has 0 aliphatic carbocycles. The molecule has 1 N–H and O–H groups in total. The second-order valence-corrected chi connectivity index (χ2v) is 7.32.